The average molecular weight is 210 g/mol. The van der Waals surface area contributed by atoms with Crippen molar-refractivity contribution in [3.63, 3.8) is 0 Å². The Balaban J connectivity index is 2.59. The van der Waals surface area contributed by atoms with Gasteiger partial charge in [0.2, 0.25) is 0 Å². The van der Waals surface area contributed by atoms with Gasteiger partial charge in [-0.1, -0.05) is 26.8 Å². The highest BCUT2D eigenvalue weighted by atomic mass is 32.2. The molecule has 78 valence electrons. The Morgan fingerprint density at radius 2 is 2.00 bits per heavy atom. The molecule has 0 saturated carbocycles. The van der Waals surface area contributed by atoms with Crippen LogP contribution in [-0.4, -0.2) is 12.9 Å². The van der Waals surface area contributed by atoms with E-state index in [0.717, 1.165) is 11.5 Å². The normalized spacial score (nSPS) is 11.4. The average Bonchev–Trinajstić information content (AvgIpc) is 2.14. The van der Waals surface area contributed by atoms with Gasteiger partial charge in [-0.05, 0) is 23.6 Å². The van der Waals surface area contributed by atoms with E-state index in [0.29, 0.717) is 5.41 Å². The molecule has 1 rings (SSSR count). The number of ether oxygens (including phenoxy) is 1. The monoisotopic (exact) mass is 210 g/mol. The quantitative estimate of drug-likeness (QED) is 0.701. The Morgan fingerprint density at radius 3 is 2.57 bits per heavy atom. The summed E-state index contributed by atoms with van der Waals surface area (Å²) >= 11 is 1.88. The summed E-state index contributed by atoms with van der Waals surface area (Å²) in [7, 11) is 1.70. The third-order valence-electron chi connectivity index (χ3n) is 1.71. The maximum atomic E-state index is 5.17. The van der Waals surface area contributed by atoms with E-state index in [2.05, 4.69) is 32.9 Å². The largest absolute Gasteiger partial charge is 0.497 e. The highest BCUT2D eigenvalue weighted by Crippen LogP contribution is 2.28. The lowest BCUT2D eigenvalue weighted by Crippen LogP contribution is -2.07. The summed E-state index contributed by atoms with van der Waals surface area (Å²) < 4.78 is 5.17. The van der Waals surface area contributed by atoms with Gasteiger partial charge in [-0.15, -0.1) is 11.8 Å². The molecule has 1 nitrogen and oxygen atoms in total. The fourth-order valence-corrected chi connectivity index (χ4v) is 1.96. The molecule has 0 fully saturated rings. The molecule has 0 aliphatic carbocycles. The van der Waals surface area contributed by atoms with Crippen LogP contribution < -0.4 is 4.74 Å². The first-order valence-electron chi connectivity index (χ1n) is 4.78. The van der Waals surface area contributed by atoms with E-state index in [1.165, 1.54) is 4.90 Å². The SMILES string of the molecule is COc1cccc(SCC(C)(C)C)c1. The minimum absolute atomic E-state index is 0.369. The van der Waals surface area contributed by atoms with Crippen molar-refractivity contribution in [3.8, 4) is 5.75 Å². The maximum absolute atomic E-state index is 5.17. The van der Waals surface area contributed by atoms with Crippen LogP contribution in [0.4, 0.5) is 0 Å². The zero-order valence-corrected chi connectivity index (χ0v) is 10.1. The Kier molecular flexibility index (Phi) is 3.87. The van der Waals surface area contributed by atoms with Crippen molar-refractivity contribution in [2.24, 2.45) is 5.41 Å². The van der Waals surface area contributed by atoms with Gasteiger partial charge in [0.05, 0.1) is 7.11 Å². The summed E-state index contributed by atoms with van der Waals surface area (Å²) in [4.78, 5) is 1.28. The molecule has 0 saturated heterocycles. The second kappa shape index (κ2) is 4.74. The Morgan fingerprint density at radius 1 is 1.29 bits per heavy atom. The van der Waals surface area contributed by atoms with Gasteiger partial charge >= 0.3 is 0 Å². The van der Waals surface area contributed by atoms with Gasteiger partial charge < -0.3 is 4.74 Å². The topological polar surface area (TPSA) is 9.23 Å². The molecule has 0 atom stereocenters. The molecule has 14 heavy (non-hydrogen) atoms. The molecule has 0 unspecified atom stereocenters. The lowest BCUT2D eigenvalue weighted by atomic mass is 10.0. The van der Waals surface area contributed by atoms with Crippen molar-refractivity contribution < 1.29 is 4.74 Å². The smallest absolute Gasteiger partial charge is 0.119 e. The Hall–Kier alpha value is -0.630. The molecular weight excluding hydrogens is 192 g/mol. The minimum atomic E-state index is 0.369. The first-order valence-corrected chi connectivity index (χ1v) is 5.77. The van der Waals surface area contributed by atoms with Crippen LogP contribution in [0, 0.1) is 5.41 Å². The number of hydrogen-bond donors (Lipinski definition) is 0. The van der Waals surface area contributed by atoms with E-state index in [1.54, 1.807) is 7.11 Å². The Labute approximate surface area is 90.9 Å². The molecule has 0 heterocycles. The van der Waals surface area contributed by atoms with Crippen LogP contribution in [0.1, 0.15) is 20.8 Å². The maximum Gasteiger partial charge on any atom is 0.119 e. The molecule has 0 radical (unpaired) electrons. The number of hydrogen-bond acceptors (Lipinski definition) is 2. The highest BCUT2D eigenvalue weighted by Gasteiger charge is 2.10. The van der Waals surface area contributed by atoms with Crippen LogP contribution in [0.5, 0.6) is 5.75 Å². The number of methoxy groups -OCH3 is 1. The molecule has 1 aromatic carbocycles. The molecule has 0 amide bonds. The molecule has 2 heteroatoms. The van der Waals surface area contributed by atoms with Crippen LogP contribution in [0.2, 0.25) is 0 Å². The Bertz CT molecular complexity index is 289. The lowest BCUT2D eigenvalue weighted by Gasteiger charge is -2.17. The minimum Gasteiger partial charge on any atom is -0.497 e. The molecule has 0 bridgehead atoms. The van der Waals surface area contributed by atoms with Crippen molar-refractivity contribution in [1.82, 2.24) is 0 Å². The molecule has 0 spiro atoms. The second-order valence-electron chi connectivity index (χ2n) is 4.53. The fourth-order valence-electron chi connectivity index (χ4n) is 0.991. The van der Waals surface area contributed by atoms with E-state index in [9.17, 15) is 0 Å². The third-order valence-corrected chi connectivity index (χ3v) is 3.31. The fraction of sp³-hybridized carbons (Fsp3) is 0.500. The van der Waals surface area contributed by atoms with Gasteiger partial charge in [0.25, 0.3) is 0 Å². The van der Waals surface area contributed by atoms with Gasteiger partial charge in [0.15, 0.2) is 0 Å². The van der Waals surface area contributed by atoms with Gasteiger partial charge in [-0.3, -0.25) is 0 Å². The third kappa shape index (κ3) is 4.05. The van der Waals surface area contributed by atoms with E-state index in [4.69, 9.17) is 4.74 Å². The van der Waals surface area contributed by atoms with Gasteiger partial charge in [0, 0.05) is 10.6 Å². The van der Waals surface area contributed by atoms with Gasteiger partial charge in [0.1, 0.15) is 5.75 Å². The van der Waals surface area contributed by atoms with Crippen molar-refractivity contribution in [2.45, 2.75) is 25.7 Å². The first-order chi connectivity index (χ1) is 6.51. The van der Waals surface area contributed by atoms with Crippen molar-refractivity contribution in [3.05, 3.63) is 24.3 Å². The molecule has 1 aromatic rings. The summed E-state index contributed by atoms with van der Waals surface area (Å²) in [6.45, 7) is 6.75. The van der Waals surface area contributed by atoms with Crippen molar-refractivity contribution in [1.29, 1.82) is 0 Å². The highest BCUT2D eigenvalue weighted by molar-refractivity contribution is 7.99. The second-order valence-corrected chi connectivity index (χ2v) is 5.58. The zero-order chi connectivity index (χ0) is 10.6. The predicted molar refractivity (Wildman–Crippen MR) is 63.2 cm³/mol. The number of benzene rings is 1. The molecule has 0 N–H and O–H groups in total. The summed E-state index contributed by atoms with van der Waals surface area (Å²) in [5, 5.41) is 0. The summed E-state index contributed by atoms with van der Waals surface area (Å²) in [6.07, 6.45) is 0. The van der Waals surface area contributed by atoms with Crippen LogP contribution in [0.3, 0.4) is 0 Å². The van der Waals surface area contributed by atoms with E-state index >= 15 is 0 Å². The molecular formula is C12H18OS. The summed E-state index contributed by atoms with van der Waals surface area (Å²) in [6, 6.07) is 8.21. The summed E-state index contributed by atoms with van der Waals surface area (Å²) in [5.41, 5.74) is 0.369. The van der Waals surface area contributed by atoms with Crippen LogP contribution >= 0.6 is 11.8 Å². The van der Waals surface area contributed by atoms with Crippen molar-refractivity contribution in [2.75, 3.05) is 12.9 Å². The van der Waals surface area contributed by atoms with Crippen molar-refractivity contribution >= 4 is 11.8 Å². The van der Waals surface area contributed by atoms with Crippen LogP contribution in [-0.2, 0) is 0 Å². The standard InChI is InChI=1S/C12H18OS/c1-12(2,3)9-14-11-7-5-6-10(8-11)13-4/h5-8H,9H2,1-4H3. The van der Waals surface area contributed by atoms with E-state index < -0.39 is 0 Å². The summed E-state index contributed by atoms with van der Waals surface area (Å²) in [5.74, 6) is 2.06. The number of rotatable bonds is 3. The van der Waals surface area contributed by atoms with Gasteiger partial charge in [-0.2, -0.15) is 0 Å². The molecule has 0 aromatic heterocycles. The van der Waals surface area contributed by atoms with E-state index in [-0.39, 0.29) is 0 Å². The van der Waals surface area contributed by atoms with Gasteiger partial charge in [-0.25, -0.2) is 0 Å². The molecule has 0 aliphatic heterocycles. The van der Waals surface area contributed by atoms with Crippen LogP contribution in [0.15, 0.2) is 29.2 Å². The number of thioether (sulfide) groups is 1. The van der Waals surface area contributed by atoms with E-state index in [1.807, 2.05) is 23.9 Å². The zero-order valence-electron chi connectivity index (χ0n) is 9.33. The first kappa shape index (κ1) is 11.4. The lowest BCUT2D eigenvalue weighted by molar-refractivity contribution is 0.413. The predicted octanol–water partition coefficient (Wildman–Crippen LogP) is 3.83. The molecule has 0 aliphatic rings. The van der Waals surface area contributed by atoms with Crippen LogP contribution in [0.25, 0.3) is 0 Å².